The zero-order chi connectivity index (χ0) is 22.9. The van der Waals surface area contributed by atoms with E-state index in [1.54, 1.807) is 29.2 Å². The molecule has 33 heavy (non-hydrogen) atoms. The molecule has 1 aliphatic rings. The van der Waals surface area contributed by atoms with Gasteiger partial charge in [-0.25, -0.2) is 4.39 Å². The van der Waals surface area contributed by atoms with Gasteiger partial charge in [0.2, 0.25) is 5.91 Å². The van der Waals surface area contributed by atoms with Gasteiger partial charge in [-0.2, -0.15) is 10.2 Å². The van der Waals surface area contributed by atoms with Crippen molar-refractivity contribution in [3.05, 3.63) is 42.6 Å². The molecule has 0 unspecified atom stereocenters. The van der Waals surface area contributed by atoms with E-state index in [4.69, 9.17) is 4.74 Å². The molecular weight excluding hydrogens is 425 g/mol. The first-order valence-corrected chi connectivity index (χ1v) is 10.7. The van der Waals surface area contributed by atoms with Crippen LogP contribution in [0.25, 0.3) is 33.4 Å². The first kappa shape index (κ1) is 21.1. The van der Waals surface area contributed by atoms with Gasteiger partial charge < -0.3 is 10.1 Å². The number of hydrogen-bond acceptors (Lipinski definition) is 6. The number of nitrogens with one attached hydrogen (secondary N) is 2. The SMILES string of the molecule is COc1cc(NC(=O)CN2CCCC2)cc(F)c1-c1cc2c(-c3cnn(C)c3)n[nH]c2cn1. The van der Waals surface area contributed by atoms with E-state index in [2.05, 4.69) is 30.5 Å². The van der Waals surface area contributed by atoms with E-state index in [-0.39, 0.29) is 17.2 Å². The molecule has 5 rings (SSSR count). The average molecular weight is 449 g/mol. The number of carbonyl (C=O) groups excluding carboxylic acids is 1. The van der Waals surface area contributed by atoms with Crippen molar-refractivity contribution in [3.8, 4) is 28.3 Å². The van der Waals surface area contributed by atoms with Gasteiger partial charge >= 0.3 is 0 Å². The molecule has 1 aromatic carbocycles. The predicted octanol–water partition coefficient (Wildman–Crippen LogP) is 3.21. The Bertz CT molecular complexity index is 1320. The van der Waals surface area contributed by atoms with Crippen LogP contribution in [-0.4, -0.2) is 62.5 Å². The Balaban J connectivity index is 1.47. The minimum Gasteiger partial charge on any atom is -0.496 e. The van der Waals surface area contributed by atoms with E-state index in [0.29, 0.717) is 23.6 Å². The highest BCUT2D eigenvalue weighted by Crippen LogP contribution is 2.36. The number of aromatic nitrogens is 5. The van der Waals surface area contributed by atoms with Crippen LogP contribution in [0.1, 0.15) is 12.8 Å². The van der Waals surface area contributed by atoms with Crippen molar-refractivity contribution >= 4 is 22.5 Å². The van der Waals surface area contributed by atoms with E-state index in [1.807, 2.05) is 13.2 Å². The number of aromatic amines is 1. The summed E-state index contributed by atoms with van der Waals surface area (Å²) in [6.07, 6.45) is 7.39. The van der Waals surface area contributed by atoms with E-state index in [0.717, 1.165) is 42.4 Å². The fraction of sp³-hybridized carbons (Fsp3) is 0.304. The van der Waals surface area contributed by atoms with Crippen molar-refractivity contribution in [1.82, 2.24) is 29.9 Å². The molecule has 170 valence electrons. The summed E-state index contributed by atoms with van der Waals surface area (Å²) in [5, 5.41) is 15.1. The highest BCUT2D eigenvalue weighted by atomic mass is 19.1. The first-order chi connectivity index (χ1) is 16.0. The lowest BCUT2D eigenvalue weighted by molar-refractivity contribution is -0.117. The third-order valence-corrected chi connectivity index (χ3v) is 5.81. The number of pyridine rings is 1. The van der Waals surface area contributed by atoms with Gasteiger partial charge in [0, 0.05) is 35.9 Å². The number of rotatable bonds is 6. The average Bonchev–Trinajstić information content (AvgIpc) is 3.54. The van der Waals surface area contributed by atoms with Crippen molar-refractivity contribution in [3.63, 3.8) is 0 Å². The Labute approximate surface area is 189 Å². The summed E-state index contributed by atoms with van der Waals surface area (Å²) in [7, 11) is 3.29. The molecule has 0 aliphatic carbocycles. The Hall–Kier alpha value is -3.79. The number of ether oxygens (including phenoxy) is 1. The molecule has 0 saturated carbocycles. The minimum atomic E-state index is -0.538. The Morgan fingerprint density at radius 2 is 2.06 bits per heavy atom. The molecule has 0 atom stereocenters. The van der Waals surface area contributed by atoms with Gasteiger partial charge in [0.05, 0.1) is 42.8 Å². The summed E-state index contributed by atoms with van der Waals surface area (Å²) in [5.41, 5.74) is 3.23. The second kappa shape index (κ2) is 8.62. The number of nitrogens with zero attached hydrogens (tertiary/aromatic N) is 5. The van der Waals surface area contributed by atoms with Gasteiger partial charge in [0.15, 0.2) is 0 Å². The van der Waals surface area contributed by atoms with Crippen LogP contribution in [0.4, 0.5) is 10.1 Å². The van der Waals surface area contributed by atoms with Crippen LogP contribution < -0.4 is 10.1 Å². The quantitative estimate of drug-likeness (QED) is 0.469. The van der Waals surface area contributed by atoms with E-state index < -0.39 is 5.82 Å². The number of benzene rings is 1. The Morgan fingerprint density at radius 3 is 2.79 bits per heavy atom. The maximum absolute atomic E-state index is 15.3. The van der Waals surface area contributed by atoms with Crippen LogP contribution >= 0.6 is 0 Å². The standard InChI is InChI=1S/C23H24FN7O2/c1-30-12-14(10-26-30)23-16-9-18(25-11-19(16)28-29-23)22-17(24)7-15(8-20(22)33-2)27-21(32)13-31-5-3-4-6-31/h7-12H,3-6,13H2,1-2H3,(H,27,32)(H,28,29). The zero-order valence-electron chi connectivity index (χ0n) is 18.4. The molecule has 0 bridgehead atoms. The lowest BCUT2D eigenvalue weighted by Crippen LogP contribution is -2.30. The third kappa shape index (κ3) is 4.17. The highest BCUT2D eigenvalue weighted by Gasteiger charge is 2.20. The highest BCUT2D eigenvalue weighted by molar-refractivity contribution is 5.95. The molecule has 10 heteroatoms. The molecule has 4 heterocycles. The molecule has 0 radical (unpaired) electrons. The van der Waals surface area contributed by atoms with Crippen LogP contribution in [-0.2, 0) is 11.8 Å². The third-order valence-electron chi connectivity index (χ3n) is 5.81. The number of hydrogen-bond donors (Lipinski definition) is 2. The smallest absolute Gasteiger partial charge is 0.238 e. The largest absolute Gasteiger partial charge is 0.496 e. The molecule has 4 aromatic rings. The second-order valence-electron chi connectivity index (χ2n) is 8.16. The number of halogens is 1. The number of H-pyrrole nitrogens is 1. The Kier molecular flexibility index (Phi) is 5.51. The zero-order valence-corrected chi connectivity index (χ0v) is 18.4. The number of anilines is 1. The molecule has 9 nitrogen and oxygen atoms in total. The van der Waals surface area contributed by atoms with Crippen molar-refractivity contribution in [2.45, 2.75) is 12.8 Å². The molecule has 1 fully saturated rings. The Morgan fingerprint density at radius 1 is 1.24 bits per heavy atom. The van der Waals surface area contributed by atoms with Gasteiger partial charge in [-0.05, 0) is 38.1 Å². The van der Waals surface area contributed by atoms with Gasteiger partial charge in [0.1, 0.15) is 17.3 Å². The van der Waals surface area contributed by atoms with E-state index in [1.165, 1.54) is 13.2 Å². The summed E-state index contributed by atoms with van der Waals surface area (Å²) in [6.45, 7) is 2.11. The van der Waals surface area contributed by atoms with Gasteiger partial charge in [-0.15, -0.1) is 0 Å². The number of aryl methyl sites for hydroxylation is 1. The second-order valence-corrected chi connectivity index (χ2v) is 8.16. The summed E-state index contributed by atoms with van der Waals surface area (Å²) < 4.78 is 22.4. The monoisotopic (exact) mass is 449 g/mol. The molecule has 2 N–H and O–H groups in total. The lowest BCUT2D eigenvalue weighted by Gasteiger charge is -2.16. The maximum atomic E-state index is 15.3. The van der Waals surface area contributed by atoms with Crippen molar-refractivity contribution in [2.24, 2.45) is 7.05 Å². The summed E-state index contributed by atoms with van der Waals surface area (Å²) in [5.74, 6) is -0.431. The number of likely N-dealkylation sites (tertiary alicyclic amines) is 1. The van der Waals surface area contributed by atoms with Crippen molar-refractivity contribution in [1.29, 1.82) is 0 Å². The fourth-order valence-corrected chi connectivity index (χ4v) is 4.22. The number of carbonyl (C=O) groups is 1. The van der Waals surface area contributed by atoms with Crippen molar-refractivity contribution in [2.75, 3.05) is 32.1 Å². The number of methoxy groups -OCH3 is 1. The minimum absolute atomic E-state index is 0.176. The van der Waals surface area contributed by atoms with Crippen LogP contribution in [0.3, 0.4) is 0 Å². The van der Waals surface area contributed by atoms with Gasteiger partial charge in [-0.3, -0.25) is 24.5 Å². The van der Waals surface area contributed by atoms with Gasteiger partial charge in [0.25, 0.3) is 0 Å². The molecule has 0 spiro atoms. The van der Waals surface area contributed by atoms with Crippen molar-refractivity contribution < 1.29 is 13.9 Å². The fourth-order valence-electron chi connectivity index (χ4n) is 4.22. The van der Waals surface area contributed by atoms with Crippen LogP contribution in [0.2, 0.25) is 0 Å². The predicted molar refractivity (Wildman–Crippen MR) is 122 cm³/mol. The molecule has 3 aromatic heterocycles. The van der Waals surface area contributed by atoms with Gasteiger partial charge in [-0.1, -0.05) is 0 Å². The lowest BCUT2D eigenvalue weighted by atomic mass is 10.1. The van der Waals surface area contributed by atoms with Crippen LogP contribution in [0, 0.1) is 5.82 Å². The number of fused-ring (bicyclic) bond motifs is 1. The topological polar surface area (TPSA) is 101 Å². The first-order valence-electron chi connectivity index (χ1n) is 10.7. The molecule has 1 amide bonds. The molecule has 1 saturated heterocycles. The van der Waals surface area contributed by atoms with Crippen LogP contribution in [0.15, 0.2) is 36.8 Å². The summed E-state index contributed by atoms with van der Waals surface area (Å²) in [6, 6.07) is 4.68. The van der Waals surface area contributed by atoms with Crippen LogP contribution in [0.5, 0.6) is 5.75 Å². The maximum Gasteiger partial charge on any atom is 0.238 e. The summed E-state index contributed by atoms with van der Waals surface area (Å²) in [4.78, 5) is 18.9. The van der Waals surface area contributed by atoms with E-state index in [9.17, 15) is 4.79 Å². The normalized spacial score (nSPS) is 14.2. The molecular formula is C23H24FN7O2. The number of amides is 1. The van der Waals surface area contributed by atoms with E-state index >= 15 is 4.39 Å². The summed E-state index contributed by atoms with van der Waals surface area (Å²) >= 11 is 0. The molecule has 1 aliphatic heterocycles.